The highest BCUT2D eigenvalue weighted by atomic mass is 16.3. The van der Waals surface area contributed by atoms with Crippen LogP contribution in [-0.4, -0.2) is 0 Å². The number of nitrogens with zero attached hydrogens (tertiary/aromatic N) is 1. The monoisotopic (exact) mass is 639 g/mol. The minimum atomic E-state index is 0.906. The molecule has 0 aliphatic heterocycles. The first-order valence-electron chi connectivity index (χ1n) is 17.0. The van der Waals surface area contributed by atoms with Crippen LogP contribution in [0.1, 0.15) is 0 Å². The van der Waals surface area contributed by atoms with E-state index in [1.165, 1.54) is 22.3 Å². The van der Waals surface area contributed by atoms with Crippen molar-refractivity contribution in [2.24, 2.45) is 0 Å². The Morgan fingerprint density at radius 1 is 0.320 bits per heavy atom. The normalized spacial score (nSPS) is 11.2. The van der Waals surface area contributed by atoms with Crippen LogP contribution < -0.4 is 4.90 Å². The quantitative estimate of drug-likeness (QED) is 0.173. The second kappa shape index (κ2) is 12.8. The van der Waals surface area contributed by atoms with Crippen molar-refractivity contribution in [2.45, 2.75) is 0 Å². The maximum atomic E-state index is 6.44. The number of benzene rings is 8. The Balaban J connectivity index is 1.17. The largest absolute Gasteiger partial charge is 0.455 e. The lowest BCUT2D eigenvalue weighted by molar-refractivity contribution is 0.670. The molecule has 9 rings (SSSR count). The Morgan fingerprint density at radius 3 is 1.44 bits per heavy atom. The number of hydrogen-bond acceptors (Lipinski definition) is 2. The van der Waals surface area contributed by atoms with Gasteiger partial charge in [0.25, 0.3) is 0 Å². The molecule has 50 heavy (non-hydrogen) atoms. The Kier molecular flexibility index (Phi) is 7.53. The molecule has 8 aromatic carbocycles. The highest BCUT2D eigenvalue weighted by Crippen LogP contribution is 2.43. The lowest BCUT2D eigenvalue weighted by atomic mass is 9.96. The first-order valence-corrected chi connectivity index (χ1v) is 17.0. The molecule has 9 aromatic rings. The summed E-state index contributed by atoms with van der Waals surface area (Å²) < 4.78 is 6.44. The first kappa shape index (κ1) is 29.5. The van der Waals surface area contributed by atoms with E-state index in [-0.39, 0.29) is 0 Å². The van der Waals surface area contributed by atoms with Crippen molar-refractivity contribution in [1.29, 1.82) is 0 Å². The van der Waals surface area contributed by atoms with Crippen LogP contribution in [0.25, 0.3) is 66.4 Å². The molecular formula is C48H33NO. The van der Waals surface area contributed by atoms with Crippen LogP contribution in [-0.2, 0) is 0 Å². The SMILES string of the molecule is c1ccc(-c2ccc(N(c3ccc(-c4ccccc4)cc3)c3ccccc3-c3cccc(-c4cccc5c4oc4ccccc45)c3)cc2)cc1. The predicted octanol–water partition coefficient (Wildman–Crippen LogP) is 13.7. The topological polar surface area (TPSA) is 16.4 Å². The second-order valence-corrected chi connectivity index (χ2v) is 12.5. The van der Waals surface area contributed by atoms with Gasteiger partial charge in [-0.2, -0.15) is 0 Å². The number of furan rings is 1. The van der Waals surface area contributed by atoms with Crippen LogP contribution in [0, 0.1) is 0 Å². The van der Waals surface area contributed by atoms with Crippen molar-refractivity contribution in [2.75, 3.05) is 4.90 Å². The highest BCUT2D eigenvalue weighted by Gasteiger charge is 2.19. The number of fused-ring (bicyclic) bond motifs is 3. The van der Waals surface area contributed by atoms with Crippen LogP contribution in [0.15, 0.2) is 205 Å². The molecule has 0 aliphatic carbocycles. The van der Waals surface area contributed by atoms with E-state index >= 15 is 0 Å². The van der Waals surface area contributed by atoms with Crippen LogP contribution in [0.5, 0.6) is 0 Å². The Bertz CT molecular complexity index is 2480. The van der Waals surface area contributed by atoms with E-state index in [9.17, 15) is 0 Å². The number of para-hydroxylation sites is 3. The predicted molar refractivity (Wildman–Crippen MR) is 210 cm³/mol. The van der Waals surface area contributed by atoms with E-state index in [0.29, 0.717) is 0 Å². The molecule has 1 aromatic heterocycles. The van der Waals surface area contributed by atoms with Gasteiger partial charge in [-0.3, -0.25) is 0 Å². The first-order chi connectivity index (χ1) is 24.8. The van der Waals surface area contributed by atoms with Gasteiger partial charge in [-0.15, -0.1) is 0 Å². The zero-order valence-electron chi connectivity index (χ0n) is 27.4. The van der Waals surface area contributed by atoms with Crippen LogP contribution >= 0.6 is 0 Å². The molecule has 0 amide bonds. The van der Waals surface area contributed by atoms with Gasteiger partial charge in [0.1, 0.15) is 11.2 Å². The number of rotatable bonds is 7. The lowest BCUT2D eigenvalue weighted by Gasteiger charge is -2.28. The summed E-state index contributed by atoms with van der Waals surface area (Å²) in [6.07, 6.45) is 0. The van der Waals surface area contributed by atoms with Crippen molar-refractivity contribution in [1.82, 2.24) is 0 Å². The maximum absolute atomic E-state index is 6.44. The van der Waals surface area contributed by atoms with Gasteiger partial charge < -0.3 is 9.32 Å². The van der Waals surface area contributed by atoms with E-state index in [4.69, 9.17) is 4.42 Å². The summed E-state index contributed by atoms with van der Waals surface area (Å²) >= 11 is 0. The molecular weight excluding hydrogens is 607 g/mol. The zero-order valence-corrected chi connectivity index (χ0v) is 27.4. The third-order valence-electron chi connectivity index (χ3n) is 9.50. The zero-order chi connectivity index (χ0) is 33.3. The van der Waals surface area contributed by atoms with Crippen molar-refractivity contribution < 1.29 is 4.42 Å². The fraction of sp³-hybridized carbons (Fsp3) is 0. The summed E-state index contributed by atoms with van der Waals surface area (Å²) in [6, 6.07) is 71.1. The van der Waals surface area contributed by atoms with Gasteiger partial charge >= 0.3 is 0 Å². The number of hydrogen-bond donors (Lipinski definition) is 0. The summed E-state index contributed by atoms with van der Waals surface area (Å²) in [4.78, 5) is 2.37. The van der Waals surface area contributed by atoms with Gasteiger partial charge in [0.2, 0.25) is 0 Å². The van der Waals surface area contributed by atoms with Gasteiger partial charge in [-0.1, -0.05) is 158 Å². The van der Waals surface area contributed by atoms with Crippen molar-refractivity contribution in [3.05, 3.63) is 200 Å². The lowest BCUT2D eigenvalue weighted by Crippen LogP contribution is -2.11. The van der Waals surface area contributed by atoms with E-state index in [1.807, 2.05) is 12.1 Å². The minimum Gasteiger partial charge on any atom is -0.455 e. The summed E-state index contributed by atoms with van der Waals surface area (Å²) in [7, 11) is 0. The molecule has 0 fully saturated rings. The van der Waals surface area contributed by atoms with Gasteiger partial charge in [-0.25, -0.2) is 0 Å². The molecule has 0 unspecified atom stereocenters. The summed E-state index contributed by atoms with van der Waals surface area (Å²) in [5, 5.41) is 2.27. The summed E-state index contributed by atoms with van der Waals surface area (Å²) in [5.41, 5.74) is 14.4. The molecule has 0 saturated carbocycles. The third kappa shape index (κ3) is 5.43. The molecule has 0 spiro atoms. The molecule has 2 heteroatoms. The van der Waals surface area contributed by atoms with Crippen molar-refractivity contribution in [3.63, 3.8) is 0 Å². The Morgan fingerprint density at radius 2 is 0.780 bits per heavy atom. The molecule has 2 nitrogen and oxygen atoms in total. The van der Waals surface area contributed by atoms with E-state index < -0.39 is 0 Å². The standard InChI is InChI=1S/C48H33NO/c1-3-13-34(14-4-1)36-25-29-40(30-26-36)49(41-31-27-37(28-32-41)35-15-5-2-6-16-35)46-23-9-7-19-42(46)38-17-11-18-39(33-38)43-21-12-22-45-44-20-8-10-24-47(44)50-48(43)45/h1-33H. The third-order valence-corrected chi connectivity index (χ3v) is 9.50. The van der Waals surface area contributed by atoms with Crippen LogP contribution in [0.4, 0.5) is 17.1 Å². The Labute approximate surface area is 292 Å². The molecule has 236 valence electrons. The molecule has 0 N–H and O–H groups in total. The molecule has 0 aliphatic rings. The highest BCUT2D eigenvalue weighted by molar-refractivity contribution is 6.09. The molecule has 1 heterocycles. The van der Waals surface area contributed by atoms with Crippen molar-refractivity contribution in [3.8, 4) is 44.5 Å². The van der Waals surface area contributed by atoms with Gasteiger partial charge in [0, 0.05) is 33.3 Å². The van der Waals surface area contributed by atoms with Crippen molar-refractivity contribution >= 4 is 39.0 Å². The minimum absolute atomic E-state index is 0.906. The van der Waals surface area contributed by atoms with Gasteiger partial charge in [0.15, 0.2) is 0 Å². The summed E-state index contributed by atoms with van der Waals surface area (Å²) in [5.74, 6) is 0. The summed E-state index contributed by atoms with van der Waals surface area (Å²) in [6.45, 7) is 0. The second-order valence-electron chi connectivity index (χ2n) is 12.5. The van der Waals surface area contributed by atoms with Gasteiger partial charge in [-0.05, 0) is 75.8 Å². The fourth-order valence-electron chi connectivity index (χ4n) is 7.04. The Hall–Kier alpha value is -6.64. The molecule has 0 bridgehead atoms. The van der Waals surface area contributed by atoms with Gasteiger partial charge in [0.05, 0.1) is 5.69 Å². The molecule has 0 atom stereocenters. The molecule has 0 radical (unpaired) electrons. The van der Waals surface area contributed by atoms with E-state index in [2.05, 4.69) is 193 Å². The number of anilines is 3. The van der Waals surface area contributed by atoms with Crippen LogP contribution in [0.2, 0.25) is 0 Å². The maximum Gasteiger partial charge on any atom is 0.143 e. The van der Waals surface area contributed by atoms with E-state index in [1.54, 1.807) is 0 Å². The average Bonchev–Trinajstić information content (AvgIpc) is 3.59. The van der Waals surface area contributed by atoms with E-state index in [0.717, 1.165) is 61.3 Å². The fourth-order valence-corrected chi connectivity index (χ4v) is 7.04. The van der Waals surface area contributed by atoms with Crippen LogP contribution in [0.3, 0.4) is 0 Å². The smallest absolute Gasteiger partial charge is 0.143 e. The molecule has 0 saturated heterocycles. The average molecular weight is 640 g/mol.